The van der Waals surface area contributed by atoms with Crippen LogP contribution in [0.3, 0.4) is 0 Å². The van der Waals surface area contributed by atoms with Crippen molar-refractivity contribution in [2.24, 2.45) is 0 Å². The number of nitrogens with one attached hydrogen (secondary N) is 2. The highest BCUT2D eigenvalue weighted by molar-refractivity contribution is 5.95. The van der Waals surface area contributed by atoms with Crippen molar-refractivity contribution in [2.75, 3.05) is 25.0 Å². The van der Waals surface area contributed by atoms with Crippen LogP contribution in [-0.2, 0) is 16.1 Å². The van der Waals surface area contributed by atoms with Gasteiger partial charge in [0.1, 0.15) is 18.4 Å². The van der Waals surface area contributed by atoms with Crippen molar-refractivity contribution < 1.29 is 9.59 Å². The minimum atomic E-state index is -0.579. The summed E-state index contributed by atoms with van der Waals surface area (Å²) in [5.41, 5.74) is 4.26. The Bertz CT molecular complexity index is 1500. The summed E-state index contributed by atoms with van der Waals surface area (Å²) < 4.78 is 1.65. The molecule has 9 heteroatoms. The quantitative estimate of drug-likeness (QED) is 0.302. The molecule has 1 aliphatic rings. The highest BCUT2D eigenvalue weighted by atomic mass is 16.2. The Morgan fingerprint density at radius 1 is 0.951 bits per heavy atom. The molecule has 0 spiro atoms. The minimum Gasteiger partial charge on any atom is -0.341 e. The molecule has 1 saturated heterocycles. The average molecular weight is 548 g/mol. The number of carbonyl (C=O) groups excluding carboxylic acids is 2. The number of rotatable bonds is 10. The van der Waals surface area contributed by atoms with Gasteiger partial charge in [-0.2, -0.15) is 10.4 Å². The van der Waals surface area contributed by atoms with E-state index in [2.05, 4.69) is 33.7 Å². The van der Waals surface area contributed by atoms with Crippen LogP contribution < -0.4 is 10.6 Å². The van der Waals surface area contributed by atoms with E-state index in [0.29, 0.717) is 17.9 Å². The standard InChI is InChI=1S/C32H33N7O2/c1-23(25-11-9-24(17-33)10-12-25)18-35-31(26-7-3-2-4-8-26)32(41)37-29-14-13-27(19-34-29)28-20-36-39(21-28)22-30(40)38-15-5-6-16-38/h2-4,7-14,19-21,23,31,35H,5-6,15-16,18,22H2,1H3,(H,34,37,41). The highest BCUT2D eigenvalue weighted by Gasteiger charge is 2.22. The maximum absolute atomic E-state index is 13.4. The number of nitriles is 1. The molecular weight excluding hydrogens is 514 g/mol. The van der Waals surface area contributed by atoms with Gasteiger partial charge in [0.2, 0.25) is 11.8 Å². The van der Waals surface area contributed by atoms with Crippen molar-refractivity contribution in [3.05, 3.63) is 102 Å². The Labute approximate surface area is 239 Å². The van der Waals surface area contributed by atoms with Gasteiger partial charge in [-0.1, -0.05) is 49.4 Å². The first-order valence-corrected chi connectivity index (χ1v) is 13.9. The molecule has 0 aliphatic carbocycles. The molecule has 2 unspecified atom stereocenters. The Hall–Kier alpha value is -4.81. The molecule has 3 heterocycles. The number of pyridine rings is 1. The smallest absolute Gasteiger partial charge is 0.247 e. The lowest BCUT2D eigenvalue weighted by Gasteiger charge is -2.21. The number of carbonyl (C=O) groups is 2. The third-order valence-electron chi connectivity index (χ3n) is 7.37. The molecule has 208 valence electrons. The first-order chi connectivity index (χ1) is 20.0. The van der Waals surface area contributed by atoms with Gasteiger partial charge in [-0.15, -0.1) is 0 Å². The topological polar surface area (TPSA) is 116 Å². The molecule has 1 aliphatic heterocycles. The average Bonchev–Trinajstić information content (AvgIpc) is 3.71. The van der Waals surface area contributed by atoms with Crippen molar-refractivity contribution in [1.29, 1.82) is 5.26 Å². The van der Waals surface area contributed by atoms with Crippen LogP contribution in [-0.4, -0.2) is 51.1 Å². The normalized spacial score (nSPS) is 14.3. The van der Waals surface area contributed by atoms with E-state index >= 15 is 0 Å². The van der Waals surface area contributed by atoms with Crippen molar-refractivity contribution in [1.82, 2.24) is 25.0 Å². The van der Waals surface area contributed by atoms with E-state index in [1.807, 2.05) is 71.8 Å². The van der Waals surface area contributed by atoms with Gasteiger partial charge >= 0.3 is 0 Å². The summed E-state index contributed by atoms with van der Waals surface area (Å²) in [5.74, 6) is 0.446. The Morgan fingerprint density at radius 2 is 1.71 bits per heavy atom. The summed E-state index contributed by atoms with van der Waals surface area (Å²) in [4.78, 5) is 32.2. The second kappa shape index (κ2) is 13.0. The van der Waals surface area contributed by atoms with Gasteiger partial charge in [0, 0.05) is 43.2 Å². The first-order valence-electron chi connectivity index (χ1n) is 13.9. The van der Waals surface area contributed by atoms with Gasteiger partial charge in [-0.25, -0.2) is 4.98 Å². The zero-order valence-electron chi connectivity index (χ0n) is 23.0. The van der Waals surface area contributed by atoms with E-state index in [9.17, 15) is 9.59 Å². The molecule has 4 aromatic rings. The second-order valence-electron chi connectivity index (χ2n) is 10.3. The Balaban J connectivity index is 1.22. The van der Waals surface area contributed by atoms with Crippen molar-refractivity contribution in [2.45, 2.75) is 38.3 Å². The summed E-state index contributed by atoms with van der Waals surface area (Å²) >= 11 is 0. The van der Waals surface area contributed by atoms with Gasteiger partial charge in [-0.3, -0.25) is 14.3 Å². The van der Waals surface area contributed by atoms with E-state index < -0.39 is 6.04 Å². The zero-order chi connectivity index (χ0) is 28.6. The maximum atomic E-state index is 13.4. The van der Waals surface area contributed by atoms with Crippen molar-refractivity contribution in [3.63, 3.8) is 0 Å². The summed E-state index contributed by atoms with van der Waals surface area (Å²) in [6, 6.07) is 22.3. The second-order valence-corrected chi connectivity index (χ2v) is 10.3. The molecule has 2 amide bonds. The lowest BCUT2D eigenvalue weighted by atomic mass is 9.98. The van der Waals surface area contributed by atoms with Crippen LogP contribution >= 0.6 is 0 Å². The maximum Gasteiger partial charge on any atom is 0.247 e. The van der Waals surface area contributed by atoms with Crippen molar-refractivity contribution >= 4 is 17.6 Å². The van der Waals surface area contributed by atoms with Crippen LogP contribution in [0.4, 0.5) is 5.82 Å². The molecule has 1 fully saturated rings. The molecule has 2 aromatic carbocycles. The fourth-order valence-corrected chi connectivity index (χ4v) is 4.95. The number of anilines is 1. The number of amides is 2. The molecule has 2 atom stereocenters. The molecule has 2 aromatic heterocycles. The molecule has 2 N–H and O–H groups in total. The van der Waals surface area contributed by atoms with Crippen LogP contribution in [0.25, 0.3) is 11.1 Å². The number of aromatic nitrogens is 3. The zero-order valence-corrected chi connectivity index (χ0v) is 23.0. The van der Waals surface area contributed by atoms with Gasteiger partial charge in [0.25, 0.3) is 0 Å². The largest absolute Gasteiger partial charge is 0.341 e. The van der Waals surface area contributed by atoms with Crippen LogP contribution in [0.15, 0.2) is 85.3 Å². The molecule has 0 bridgehead atoms. The van der Waals surface area contributed by atoms with E-state index in [-0.39, 0.29) is 24.3 Å². The van der Waals surface area contributed by atoms with Gasteiger partial charge < -0.3 is 15.5 Å². The summed E-state index contributed by atoms with van der Waals surface area (Å²) in [6.45, 7) is 4.51. The van der Waals surface area contributed by atoms with Crippen molar-refractivity contribution in [3.8, 4) is 17.2 Å². The van der Waals surface area contributed by atoms with Gasteiger partial charge in [0.15, 0.2) is 0 Å². The molecule has 0 radical (unpaired) electrons. The highest BCUT2D eigenvalue weighted by Crippen LogP contribution is 2.22. The first kappa shape index (κ1) is 27.7. The van der Waals surface area contributed by atoms with Crippen LogP contribution in [0, 0.1) is 11.3 Å². The summed E-state index contributed by atoms with van der Waals surface area (Å²) in [5, 5.41) is 19.8. The van der Waals surface area contributed by atoms with Crippen LogP contribution in [0.5, 0.6) is 0 Å². The predicted molar refractivity (Wildman–Crippen MR) is 157 cm³/mol. The minimum absolute atomic E-state index is 0.0845. The van der Waals surface area contributed by atoms with Gasteiger partial charge in [0.05, 0.1) is 17.8 Å². The monoisotopic (exact) mass is 547 g/mol. The van der Waals surface area contributed by atoms with E-state index in [1.165, 1.54) is 0 Å². The molecule has 41 heavy (non-hydrogen) atoms. The predicted octanol–water partition coefficient (Wildman–Crippen LogP) is 4.51. The van der Waals surface area contributed by atoms with Crippen LogP contribution in [0.2, 0.25) is 0 Å². The molecule has 0 saturated carbocycles. The van der Waals surface area contributed by atoms with E-state index in [4.69, 9.17) is 5.26 Å². The lowest BCUT2D eigenvalue weighted by Crippen LogP contribution is -2.35. The van der Waals surface area contributed by atoms with Gasteiger partial charge in [-0.05, 0) is 54.2 Å². The fraction of sp³-hybridized carbons (Fsp3) is 0.281. The molecular formula is C32H33N7O2. The third kappa shape index (κ3) is 7.04. The number of hydrogen-bond acceptors (Lipinski definition) is 6. The van der Waals surface area contributed by atoms with E-state index in [1.54, 1.807) is 23.1 Å². The molecule has 9 nitrogen and oxygen atoms in total. The number of nitrogens with zero attached hydrogens (tertiary/aromatic N) is 5. The lowest BCUT2D eigenvalue weighted by molar-refractivity contribution is -0.131. The Kier molecular flexibility index (Phi) is 8.82. The Morgan fingerprint density at radius 3 is 2.39 bits per heavy atom. The number of benzene rings is 2. The third-order valence-corrected chi connectivity index (χ3v) is 7.37. The number of hydrogen-bond donors (Lipinski definition) is 2. The van der Waals surface area contributed by atoms with E-state index in [0.717, 1.165) is 48.2 Å². The molecule has 5 rings (SSSR count). The number of likely N-dealkylation sites (tertiary alicyclic amines) is 1. The fourth-order valence-electron chi connectivity index (χ4n) is 4.95. The van der Waals surface area contributed by atoms with Crippen LogP contribution in [0.1, 0.15) is 48.4 Å². The SMILES string of the molecule is CC(CNC(C(=O)Nc1ccc(-c2cnn(CC(=O)N3CCCC3)c2)cn1)c1ccccc1)c1ccc(C#N)cc1. The summed E-state index contributed by atoms with van der Waals surface area (Å²) in [6.07, 6.45) is 7.37. The summed E-state index contributed by atoms with van der Waals surface area (Å²) in [7, 11) is 0.